The molecule has 0 radical (unpaired) electrons. The zero-order chi connectivity index (χ0) is 16.9. The minimum Gasteiger partial charge on any atom is -0.491 e. The van der Waals surface area contributed by atoms with E-state index in [0.29, 0.717) is 13.0 Å². The Morgan fingerprint density at radius 3 is 2.46 bits per heavy atom. The summed E-state index contributed by atoms with van der Waals surface area (Å²) in [7, 11) is 0. The Bertz CT molecular complexity index is 828. The van der Waals surface area contributed by atoms with Crippen LogP contribution in [0.3, 0.4) is 0 Å². The van der Waals surface area contributed by atoms with Crippen LogP contribution in [0.15, 0.2) is 48.5 Å². The number of ether oxygens (including phenoxy) is 1. The van der Waals surface area contributed by atoms with Crippen molar-refractivity contribution in [3.05, 3.63) is 59.7 Å². The standard InChI is InChI=1S/C20H21NO3/c1-14-12-20(16-3-5-17(6-4-16)24-11-10-23)21-19-7-2-15(8-9-22)13-18(14)19/h2-7,12-13,22-23H,8-11H2,1H3. The fourth-order valence-corrected chi connectivity index (χ4v) is 2.76. The summed E-state index contributed by atoms with van der Waals surface area (Å²) < 4.78 is 5.39. The minimum atomic E-state index is 0.00540. The summed E-state index contributed by atoms with van der Waals surface area (Å²) in [4.78, 5) is 4.76. The second-order valence-electron chi connectivity index (χ2n) is 5.75. The number of aliphatic hydroxyl groups excluding tert-OH is 2. The first-order valence-corrected chi connectivity index (χ1v) is 8.06. The van der Waals surface area contributed by atoms with E-state index in [4.69, 9.17) is 19.9 Å². The maximum atomic E-state index is 9.09. The number of aromatic nitrogens is 1. The van der Waals surface area contributed by atoms with E-state index in [-0.39, 0.29) is 13.2 Å². The van der Waals surface area contributed by atoms with E-state index in [1.165, 1.54) is 0 Å². The topological polar surface area (TPSA) is 62.6 Å². The van der Waals surface area contributed by atoms with E-state index in [0.717, 1.165) is 39.0 Å². The third-order valence-electron chi connectivity index (χ3n) is 3.99. The van der Waals surface area contributed by atoms with Crippen LogP contribution < -0.4 is 4.74 Å². The van der Waals surface area contributed by atoms with E-state index < -0.39 is 0 Å². The van der Waals surface area contributed by atoms with E-state index in [1.807, 2.05) is 36.4 Å². The fourth-order valence-electron chi connectivity index (χ4n) is 2.76. The van der Waals surface area contributed by atoms with Crippen molar-refractivity contribution in [1.82, 2.24) is 4.98 Å². The third-order valence-corrected chi connectivity index (χ3v) is 3.99. The van der Waals surface area contributed by atoms with Gasteiger partial charge in [0.1, 0.15) is 12.4 Å². The molecule has 0 saturated carbocycles. The summed E-state index contributed by atoms with van der Waals surface area (Å²) in [6.07, 6.45) is 0.659. The van der Waals surface area contributed by atoms with Crippen LogP contribution in [0.5, 0.6) is 5.75 Å². The maximum absolute atomic E-state index is 9.09. The highest BCUT2D eigenvalue weighted by Crippen LogP contribution is 2.26. The smallest absolute Gasteiger partial charge is 0.119 e. The van der Waals surface area contributed by atoms with Crippen LogP contribution in [0.1, 0.15) is 11.1 Å². The van der Waals surface area contributed by atoms with Crippen LogP contribution >= 0.6 is 0 Å². The molecule has 0 fully saturated rings. The van der Waals surface area contributed by atoms with Gasteiger partial charge in [-0.05, 0) is 66.9 Å². The number of hydrogen-bond acceptors (Lipinski definition) is 4. The Kier molecular flexibility index (Phi) is 5.08. The van der Waals surface area contributed by atoms with Crippen LogP contribution in [0.2, 0.25) is 0 Å². The quantitative estimate of drug-likeness (QED) is 0.732. The lowest BCUT2D eigenvalue weighted by atomic mass is 10.0. The van der Waals surface area contributed by atoms with Gasteiger partial charge in [-0.15, -0.1) is 0 Å². The summed E-state index contributed by atoms with van der Waals surface area (Å²) in [6.45, 7) is 2.53. The predicted octanol–water partition coefficient (Wildman–Crippen LogP) is 3.12. The van der Waals surface area contributed by atoms with Crippen molar-refractivity contribution in [3.63, 3.8) is 0 Å². The molecule has 0 amide bonds. The normalized spacial score (nSPS) is 11.0. The lowest BCUT2D eigenvalue weighted by molar-refractivity contribution is 0.201. The van der Waals surface area contributed by atoms with Crippen molar-refractivity contribution in [2.24, 2.45) is 0 Å². The van der Waals surface area contributed by atoms with Gasteiger partial charge in [-0.3, -0.25) is 0 Å². The van der Waals surface area contributed by atoms with Gasteiger partial charge in [0.25, 0.3) is 0 Å². The highest BCUT2D eigenvalue weighted by molar-refractivity contribution is 5.85. The molecule has 2 N–H and O–H groups in total. The van der Waals surface area contributed by atoms with Crippen molar-refractivity contribution < 1.29 is 14.9 Å². The molecular weight excluding hydrogens is 302 g/mol. The zero-order valence-electron chi connectivity index (χ0n) is 13.7. The molecule has 0 spiro atoms. The summed E-state index contributed by atoms with van der Waals surface area (Å²) in [6, 6.07) is 15.9. The number of benzene rings is 2. The average Bonchev–Trinajstić information content (AvgIpc) is 2.61. The van der Waals surface area contributed by atoms with E-state index >= 15 is 0 Å². The monoisotopic (exact) mass is 323 g/mol. The van der Waals surface area contributed by atoms with Gasteiger partial charge in [-0.25, -0.2) is 4.98 Å². The molecular formula is C20H21NO3. The second kappa shape index (κ2) is 7.43. The van der Waals surface area contributed by atoms with Gasteiger partial charge in [0, 0.05) is 17.6 Å². The van der Waals surface area contributed by atoms with E-state index in [2.05, 4.69) is 19.1 Å². The predicted molar refractivity (Wildman–Crippen MR) is 95.3 cm³/mol. The van der Waals surface area contributed by atoms with Gasteiger partial charge in [-0.1, -0.05) is 6.07 Å². The first-order chi connectivity index (χ1) is 11.7. The SMILES string of the molecule is Cc1cc(-c2ccc(OCCO)cc2)nc2ccc(CCO)cc12. The summed E-state index contributed by atoms with van der Waals surface area (Å²) in [5.74, 6) is 0.735. The van der Waals surface area contributed by atoms with Crippen molar-refractivity contribution >= 4 is 10.9 Å². The van der Waals surface area contributed by atoms with E-state index in [1.54, 1.807) is 0 Å². The van der Waals surface area contributed by atoms with Crippen LogP contribution in [-0.4, -0.2) is 35.0 Å². The first-order valence-electron chi connectivity index (χ1n) is 8.06. The minimum absolute atomic E-state index is 0.00540. The molecule has 0 bridgehead atoms. The van der Waals surface area contributed by atoms with Crippen molar-refractivity contribution in [2.75, 3.05) is 19.8 Å². The fraction of sp³-hybridized carbons (Fsp3) is 0.250. The van der Waals surface area contributed by atoms with Gasteiger partial charge < -0.3 is 14.9 Å². The van der Waals surface area contributed by atoms with Crippen molar-refractivity contribution in [1.29, 1.82) is 0 Å². The molecule has 0 aliphatic heterocycles. The molecule has 124 valence electrons. The van der Waals surface area contributed by atoms with Crippen LogP contribution in [0, 0.1) is 6.92 Å². The lowest BCUT2D eigenvalue weighted by Crippen LogP contribution is -2.01. The number of aryl methyl sites for hydroxylation is 1. The number of rotatable bonds is 6. The largest absolute Gasteiger partial charge is 0.491 e. The van der Waals surface area contributed by atoms with Gasteiger partial charge in [0.15, 0.2) is 0 Å². The highest BCUT2D eigenvalue weighted by atomic mass is 16.5. The Balaban J connectivity index is 1.93. The van der Waals surface area contributed by atoms with Crippen molar-refractivity contribution in [2.45, 2.75) is 13.3 Å². The molecule has 0 aliphatic rings. The third kappa shape index (κ3) is 3.55. The lowest BCUT2D eigenvalue weighted by Gasteiger charge is -2.09. The Hall–Kier alpha value is -2.43. The Morgan fingerprint density at radius 2 is 1.75 bits per heavy atom. The molecule has 24 heavy (non-hydrogen) atoms. The van der Waals surface area contributed by atoms with Gasteiger partial charge in [-0.2, -0.15) is 0 Å². The Labute approximate surface area is 141 Å². The summed E-state index contributed by atoms with van der Waals surface area (Å²) >= 11 is 0. The highest BCUT2D eigenvalue weighted by Gasteiger charge is 2.06. The molecule has 2 aromatic carbocycles. The zero-order valence-corrected chi connectivity index (χ0v) is 13.7. The molecule has 3 rings (SSSR count). The number of hydrogen-bond donors (Lipinski definition) is 2. The molecule has 4 nitrogen and oxygen atoms in total. The first kappa shape index (κ1) is 16.4. The molecule has 4 heteroatoms. The molecule has 0 saturated heterocycles. The number of pyridine rings is 1. The van der Waals surface area contributed by atoms with E-state index in [9.17, 15) is 0 Å². The second-order valence-corrected chi connectivity index (χ2v) is 5.75. The number of fused-ring (bicyclic) bond motifs is 1. The molecule has 0 unspecified atom stereocenters. The van der Waals surface area contributed by atoms with Gasteiger partial charge >= 0.3 is 0 Å². The molecule has 1 aromatic heterocycles. The molecule has 3 aromatic rings. The van der Waals surface area contributed by atoms with Crippen LogP contribution in [0.25, 0.3) is 22.2 Å². The van der Waals surface area contributed by atoms with Gasteiger partial charge in [0.2, 0.25) is 0 Å². The van der Waals surface area contributed by atoms with Crippen LogP contribution in [0.4, 0.5) is 0 Å². The van der Waals surface area contributed by atoms with Crippen LogP contribution in [-0.2, 0) is 6.42 Å². The average molecular weight is 323 g/mol. The van der Waals surface area contributed by atoms with Crippen molar-refractivity contribution in [3.8, 4) is 17.0 Å². The molecule has 0 atom stereocenters. The number of aliphatic hydroxyl groups is 2. The number of nitrogens with zero attached hydrogens (tertiary/aromatic N) is 1. The summed E-state index contributed by atoms with van der Waals surface area (Å²) in [5, 5.41) is 19.0. The summed E-state index contributed by atoms with van der Waals surface area (Å²) in [5.41, 5.74) is 5.18. The maximum Gasteiger partial charge on any atom is 0.119 e. The molecule has 1 heterocycles. The Morgan fingerprint density at radius 1 is 0.958 bits per heavy atom. The van der Waals surface area contributed by atoms with Gasteiger partial charge in [0.05, 0.1) is 17.8 Å². The molecule has 0 aliphatic carbocycles.